The second-order valence-corrected chi connectivity index (χ2v) is 10.6. The highest BCUT2D eigenvalue weighted by molar-refractivity contribution is 6.06. The van der Waals surface area contributed by atoms with Crippen molar-refractivity contribution in [3.63, 3.8) is 0 Å². The first kappa shape index (κ1) is 31.5. The van der Waals surface area contributed by atoms with Gasteiger partial charge in [-0.3, -0.25) is 19.2 Å². The van der Waals surface area contributed by atoms with E-state index in [-0.39, 0.29) is 41.9 Å². The van der Waals surface area contributed by atoms with Crippen LogP contribution in [0, 0.1) is 0 Å². The molecule has 0 heterocycles. The van der Waals surface area contributed by atoms with Crippen LogP contribution in [0.1, 0.15) is 99.0 Å². The van der Waals surface area contributed by atoms with Crippen molar-refractivity contribution in [3.05, 3.63) is 101 Å². The van der Waals surface area contributed by atoms with Crippen LogP contribution in [0.25, 0.3) is 0 Å². The number of carboxylic acids is 1. The molecule has 0 aliphatic heterocycles. The van der Waals surface area contributed by atoms with Gasteiger partial charge in [0.15, 0.2) is 11.6 Å². The lowest BCUT2D eigenvalue weighted by molar-refractivity contribution is -0.274. The Morgan fingerprint density at radius 3 is 1.98 bits per heavy atom. The van der Waals surface area contributed by atoms with Gasteiger partial charge in [-0.05, 0) is 66.3 Å². The predicted octanol–water partition coefficient (Wildman–Crippen LogP) is 7.08. The Morgan fingerprint density at radius 2 is 1.40 bits per heavy atom. The molecule has 0 radical (unpaired) electrons. The summed E-state index contributed by atoms with van der Waals surface area (Å²) in [6, 6.07) is 18.1. The number of carbonyl (C=O) groups is 4. The molecule has 0 spiro atoms. The fourth-order valence-electron chi connectivity index (χ4n) is 5.32. The van der Waals surface area contributed by atoms with E-state index in [9.17, 15) is 32.3 Å². The van der Waals surface area contributed by atoms with E-state index < -0.39 is 35.7 Å². The van der Waals surface area contributed by atoms with Crippen molar-refractivity contribution in [2.75, 3.05) is 6.54 Å². The topological polar surface area (TPSA) is 110 Å². The molecule has 2 N–H and O–H groups in total. The lowest BCUT2D eigenvalue weighted by Gasteiger charge is -2.23. The average Bonchev–Trinajstić information content (AvgIpc) is 2.99. The number of hydrogen-bond acceptors (Lipinski definition) is 5. The first-order chi connectivity index (χ1) is 20.5. The van der Waals surface area contributed by atoms with Crippen molar-refractivity contribution in [2.24, 2.45) is 0 Å². The van der Waals surface area contributed by atoms with E-state index in [0.29, 0.717) is 11.5 Å². The fraction of sp³-hybridized carbons (Fsp3) is 0.333. The third-order valence-corrected chi connectivity index (χ3v) is 7.59. The maximum Gasteiger partial charge on any atom is 0.573 e. The molecule has 1 aliphatic carbocycles. The zero-order valence-corrected chi connectivity index (χ0v) is 23.4. The number of ketones is 2. The van der Waals surface area contributed by atoms with Crippen LogP contribution in [0.15, 0.2) is 72.8 Å². The number of carboxylic acid groups (broad SMARTS) is 1. The molecule has 43 heavy (non-hydrogen) atoms. The zero-order valence-electron chi connectivity index (χ0n) is 23.4. The van der Waals surface area contributed by atoms with Crippen LogP contribution in [0.2, 0.25) is 0 Å². The van der Waals surface area contributed by atoms with Gasteiger partial charge in [0.05, 0.1) is 12.3 Å². The monoisotopic (exact) mass is 595 g/mol. The largest absolute Gasteiger partial charge is 0.573 e. The number of nitrogens with one attached hydrogen (secondary N) is 1. The minimum Gasteiger partial charge on any atom is -0.481 e. The van der Waals surface area contributed by atoms with E-state index in [0.717, 1.165) is 25.0 Å². The maximum absolute atomic E-state index is 13.8. The van der Waals surface area contributed by atoms with Crippen LogP contribution in [0.5, 0.6) is 5.75 Å². The summed E-state index contributed by atoms with van der Waals surface area (Å²) in [4.78, 5) is 50.0. The number of aliphatic carboxylic acids is 1. The van der Waals surface area contributed by atoms with Gasteiger partial charge in [0.1, 0.15) is 5.75 Å². The normalized spacial score (nSPS) is 14.5. The Hall–Kier alpha value is -4.47. The summed E-state index contributed by atoms with van der Waals surface area (Å²) in [6.07, 6.45) is 0.453. The van der Waals surface area contributed by atoms with Crippen molar-refractivity contribution in [1.82, 2.24) is 5.32 Å². The third kappa shape index (κ3) is 9.01. The van der Waals surface area contributed by atoms with Crippen LogP contribution in [-0.4, -0.2) is 41.5 Å². The van der Waals surface area contributed by atoms with Gasteiger partial charge in [0, 0.05) is 29.7 Å². The summed E-state index contributed by atoms with van der Waals surface area (Å²) in [5.41, 5.74) is 2.46. The average molecular weight is 596 g/mol. The van der Waals surface area contributed by atoms with Crippen LogP contribution < -0.4 is 10.1 Å². The second kappa shape index (κ2) is 14.1. The van der Waals surface area contributed by atoms with Gasteiger partial charge in [-0.25, -0.2) is 0 Å². The predicted molar refractivity (Wildman–Crippen MR) is 152 cm³/mol. The number of rotatable bonds is 12. The van der Waals surface area contributed by atoms with Crippen molar-refractivity contribution >= 4 is 23.4 Å². The van der Waals surface area contributed by atoms with Gasteiger partial charge >= 0.3 is 12.3 Å². The Morgan fingerprint density at radius 1 is 0.814 bits per heavy atom. The maximum atomic E-state index is 13.8. The zero-order chi connectivity index (χ0) is 31.0. The lowest BCUT2D eigenvalue weighted by Crippen LogP contribution is -2.26. The van der Waals surface area contributed by atoms with Gasteiger partial charge in [-0.1, -0.05) is 55.7 Å². The number of alkyl halides is 3. The summed E-state index contributed by atoms with van der Waals surface area (Å²) in [5, 5.41) is 11.3. The quantitative estimate of drug-likeness (QED) is 0.217. The number of Topliss-reactive ketones (excluding diaryl/α,β-unsaturated/α-hetero) is 2. The molecule has 7 nitrogen and oxygen atoms in total. The van der Waals surface area contributed by atoms with E-state index in [1.54, 1.807) is 0 Å². The fourth-order valence-corrected chi connectivity index (χ4v) is 5.32. The summed E-state index contributed by atoms with van der Waals surface area (Å²) in [7, 11) is 0. The Balaban J connectivity index is 1.55. The van der Waals surface area contributed by atoms with Crippen molar-refractivity contribution in [1.29, 1.82) is 0 Å². The Labute approximate surface area is 247 Å². The summed E-state index contributed by atoms with van der Waals surface area (Å²) < 4.78 is 41.5. The van der Waals surface area contributed by atoms with E-state index in [4.69, 9.17) is 5.11 Å². The summed E-state index contributed by atoms with van der Waals surface area (Å²) in [5.74, 6) is -3.19. The molecule has 4 rings (SSSR count). The number of halogens is 3. The summed E-state index contributed by atoms with van der Waals surface area (Å²) >= 11 is 0. The molecule has 3 aromatic rings. The molecule has 1 saturated carbocycles. The highest BCUT2D eigenvalue weighted by atomic mass is 19.4. The molecule has 0 saturated heterocycles. The Kier molecular flexibility index (Phi) is 10.3. The molecule has 3 aromatic carbocycles. The first-order valence-electron chi connectivity index (χ1n) is 14.1. The van der Waals surface area contributed by atoms with E-state index >= 15 is 0 Å². The molecule has 1 atom stereocenters. The number of hydrogen-bond donors (Lipinski definition) is 2. The highest BCUT2D eigenvalue weighted by Crippen LogP contribution is 2.34. The van der Waals surface area contributed by atoms with Gasteiger partial charge in [0.2, 0.25) is 0 Å². The molecular weight excluding hydrogens is 563 g/mol. The smallest absolute Gasteiger partial charge is 0.481 e. The second-order valence-electron chi connectivity index (χ2n) is 10.6. The Bertz CT molecular complexity index is 1430. The third-order valence-electron chi connectivity index (χ3n) is 7.59. The molecule has 10 heteroatoms. The van der Waals surface area contributed by atoms with E-state index in [1.807, 2.05) is 24.3 Å². The van der Waals surface area contributed by atoms with Gasteiger partial charge in [-0.2, -0.15) is 0 Å². The standard InChI is InChI=1S/C33H32F3NO6/c34-33(35,36)43-27-16-14-24(15-17-27)29(38)20-28(23-8-6-22(7-9-23)21-4-2-1-3-5-21)31(41)25-10-12-26(13-11-25)32(42)37-19-18-30(39)40/h6-17,21,28H,1-5,18-20H2,(H,37,42)(H,39,40). The van der Waals surface area contributed by atoms with Crippen LogP contribution in [0.3, 0.4) is 0 Å². The van der Waals surface area contributed by atoms with E-state index in [1.165, 1.54) is 61.2 Å². The lowest BCUT2D eigenvalue weighted by atomic mass is 9.81. The van der Waals surface area contributed by atoms with Crippen LogP contribution >= 0.6 is 0 Å². The summed E-state index contributed by atoms with van der Waals surface area (Å²) in [6.45, 7) is -0.0425. The molecular formula is C33H32F3NO6. The van der Waals surface area contributed by atoms with Crippen molar-refractivity contribution < 1.29 is 42.2 Å². The van der Waals surface area contributed by atoms with Gasteiger partial charge in [-0.15, -0.1) is 13.2 Å². The molecule has 0 aromatic heterocycles. The van der Waals surface area contributed by atoms with Crippen LogP contribution in [0.4, 0.5) is 13.2 Å². The number of carbonyl (C=O) groups excluding carboxylic acids is 3. The van der Waals surface area contributed by atoms with Gasteiger partial charge in [0.25, 0.3) is 5.91 Å². The highest BCUT2D eigenvalue weighted by Gasteiger charge is 2.31. The minimum atomic E-state index is -4.86. The minimum absolute atomic E-state index is 0.0425. The van der Waals surface area contributed by atoms with Gasteiger partial charge < -0.3 is 15.2 Å². The SMILES string of the molecule is O=C(O)CCNC(=O)c1ccc(C(=O)C(CC(=O)c2ccc(OC(F)(F)F)cc2)c2ccc(C3CCCCC3)cc2)cc1. The molecule has 226 valence electrons. The molecule has 1 unspecified atom stereocenters. The number of benzene rings is 3. The number of amides is 1. The van der Waals surface area contributed by atoms with E-state index in [2.05, 4.69) is 10.1 Å². The molecule has 1 fully saturated rings. The molecule has 0 bridgehead atoms. The van der Waals surface area contributed by atoms with Crippen LogP contribution in [-0.2, 0) is 4.79 Å². The van der Waals surface area contributed by atoms with Crippen molar-refractivity contribution in [2.45, 2.75) is 63.1 Å². The first-order valence-corrected chi connectivity index (χ1v) is 14.1. The molecule has 1 aliphatic rings. The molecule has 1 amide bonds. The van der Waals surface area contributed by atoms with Crippen molar-refractivity contribution in [3.8, 4) is 5.75 Å². The number of ether oxygens (including phenoxy) is 1.